The van der Waals surface area contributed by atoms with E-state index in [4.69, 9.17) is 5.73 Å². The Hall–Kier alpha value is -1.40. The molecule has 6 heteroatoms. The Morgan fingerprint density at radius 2 is 2.00 bits per heavy atom. The first-order chi connectivity index (χ1) is 9.45. The molecule has 0 aliphatic heterocycles. The molecule has 3 nitrogen and oxygen atoms in total. The van der Waals surface area contributed by atoms with Gasteiger partial charge in [-0.05, 0) is 45.8 Å². The van der Waals surface area contributed by atoms with Crippen LogP contribution in [0.25, 0.3) is 0 Å². The maximum atomic E-state index is 13.1. The van der Waals surface area contributed by atoms with Crippen molar-refractivity contribution in [1.82, 2.24) is 0 Å². The number of rotatable bonds is 3. The standard InChI is InChI=1S/C14H11Br2FN2O/c15-9-6-11(16)14(12(18)7-9)19-13(20)5-8-2-1-3-10(17)4-8/h1-4,6-7H,5,18H2,(H,19,20). The summed E-state index contributed by atoms with van der Waals surface area (Å²) in [6, 6.07) is 9.42. The van der Waals surface area contributed by atoms with Crippen LogP contribution in [0, 0.1) is 5.82 Å². The Labute approximate surface area is 132 Å². The molecular weight excluding hydrogens is 391 g/mol. The zero-order valence-corrected chi connectivity index (χ0v) is 13.5. The highest BCUT2D eigenvalue weighted by molar-refractivity contribution is 9.11. The summed E-state index contributed by atoms with van der Waals surface area (Å²) < 4.78 is 14.5. The lowest BCUT2D eigenvalue weighted by molar-refractivity contribution is -0.115. The van der Waals surface area contributed by atoms with Gasteiger partial charge in [0.2, 0.25) is 5.91 Å². The second-order valence-corrected chi connectivity index (χ2v) is 5.98. The van der Waals surface area contributed by atoms with Gasteiger partial charge < -0.3 is 11.1 Å². The van der Waals surface area contributed by atoms with Gasteiger partial charge in [0.1, 0.15) is 5.82 Å². The average molecular weight is 402 g/mol. The van der Waals surface area contributed by atoms with Crippen molar-refractivity contribution in [2.75, 3.05) is 11.1 Å². The molecule has 2 aromatic carbocycles. The number of hydrogen-bond donors (Lipinski definition) is 2. The highest BCUT2D eigenvalue weighted by atomic mass is 79.9. The molecule has 0 aliphatic carbocycles. The Balaban J connectivity index is 2.13. The Morgan fingerprint density at radius 3 is 2.65 bits per heavy atom. The molecule has 0 radical (unpaired) electrons. The van der Waals surface area contributed by atoms with E-state index >= 15 is 0 Å². The van der Waals surface area contributed by atoms with Crippen molar-refractivity contribution < 1.29 is 9.18 Å². The van der Waals surface area contributed by atoms with E-state index in [-0.39, 0.29) is 18.1 Å². The minimum absolute atomic E-state index is 0.0830. The normalized spacial score (nSPS) is 10.3. The van der Waals surface area contributed by atoms with E-state index in [1.165, 1.54) is 12.1 Å². The summed E-state index contributed by atoms with van der Waals surface area (Å²) in [7, 11) is 0. The largest absolute Gasteiger partial charge is 0.397 e. The lowest BCUT2D eigenvalue weighted by Crippen LogP contribution is -2.16. The Morgan fingerprint density at radius 1 is 1.25 bits per heavy atom. The predicted molar refractivity (Wildman–Crippen MR) is 85.0 cm³/mol. The molecule has 2 aromatic rings. The van der Waals surface area contributed by atoms with E-state index in [9.17, 15) is 9.18 Å². The van der Waals surface area contributed by atoms with Gasteiger partial charge in [0, 0.05) is 8.95 Å². The number of hydrogen-bond acceptors (Lipinski definition) is 2. The summed E-state index contributed by atoms with van der Waals surface area (Å²) in [5, 5.41) is 2.72. The zero-order chi connectivity index (χ0) is 14.7. The number of nitrogen functional groups attached to an aromatic ring is 1. The summed E-state index contributed by atoms with van der Waals surface area (Å²) in [4.78, 5) is 12.0. The van der Waals surface area contributed by atoms with E-state index < -0.39 is 0 Å². The molecule has 20 heavy (non-hydrogen) atoms. The number of carbonyl (C=O) groups is 1. The van der Waals surface area contributed by atoms with Crippen LogP contribution in [0.2, 0.25) is 0 Å². The third-order valence-corrected chi connectivity index (χ3v) is 3.69. The molecule has 0 fully saturated rings. The fourth-order valence-electron chi connectivity index (χ4n) is 1.74. The van der Waals surface area contributed by atoms with Crippen molar-refractivity contribution >= 4 is 49.1 Å². The number of benzene rings is 2. The molecule has 1 amide bonds. The third-order valence-electron chi connectivity index (χ3n) is 2.60. The average Bonchev–Trinajstić information content (AvgIpc) is 2.33. The number of amides is 1. The van der Waals surface area contributed by atoms with Gasteiger partial charge in [-0.25, -0.2) is 4.39 Å². The van der Waals surface area contributed by atoms with Gasteiger partial charge in [0.25, 0.3) is 0 Å². The monoisotopic (exact) mass is 400 g/mol. The third kappa shape index (κ3) is 3.80. The molecule has 0 unspecified atom stereocenters. The second kappa shape index (κ2) is 6.37. The molecule has 104 valence electrons. The van der Waals surface area contributed by atoms with Crippen molar-refractivity contribution in [3.63, 3.8) is 0 Å². The predicted octanol–water partition coefficient (Wildman–Crippen LogP) is 4.11. The van der Waals surface area contributed by atoms with Crippen molar-refractivity contribution in [3.8, 4) is 0 Å². The van der Waals surface area contributed by atoms with Crippen molar-refractivity contribution in [2.45, 2.75) is 6.42 Å². The molecule has 0 bridgehead atoms. The van der Waals surface area contributed by atoms with Gasteiger partial charge in [-0.1, -0.05) is 28.1 Å². The number of nitrogens with two attached hydrogens (primary N) is 1. The summed E-state index contributed by atoms with van der Waals surface area (Å²) in [6.45, 7) is 0. The topological polar surface area (TPSA) is 55.1 Å². The van der Waals surface area contributed by atoms with E-state index in [0.29, 0.717) is 21.4 Å². The van der Waals surface area contributed by atoms with Crippen LogP contribution in [0.1, 0.15) is 5.56 Å². The van der Waals surface area contributed by atoms with Crippen molar-refractivity contribution in [2.24, 2.45) is 0 Å². The van der Waals surface area contributed by atoms with Crippen LogP contribution in [0.15, 0.2) is 45.3 Å². The fraction of sp³-hybridized carbons (Fsp3) is 0.0714. The van der Waals surface area contributed by atoms with Crippen LogP contribution >= 0.6 is 31.9 Å². The molecule has 0 aliphatic rings. The van der Waals surface area contributed by atoms with E-state index in [1.807, 2.05) is 0 Å². The molecule has 0 aromatic heterocycles. The molecule has 0 saturated heterocycles. The highest BCUT2D eigenvalue weighted by Crippen LogP contribution is 2.32. The van der Waals surface area contributed by atoms with Crippen LogP contribution < -0.4 is 11.1 Å². The van der Waals surface area contributed by atoms with Crippen LogP contribution in [-0.2, 0) is 11.2 Å². The lowest BCUT2D eigenvalue weighted by atomic mass is 10.1. The van der Waals surface area contributed by atoms with Crippen LogP contribution in [-0.4, -0.2) is 5.91 Å². The van der Waals surface area contributed by atoms with Gasteiger partial charge in [-0.2, -0.15) is 0 Å². The van der Waals surface area contributed by atoms with Crippen LogP contribution in [0.5, 0.6) is 0 Å². The smallest absolute Gasteiger partial charge is 0.228 e. The number of anilines is 2. The van der Waals surface area contributed by atoms with Gasteiger partial charge >= 0.3 is 0 Å². The molecule has 0 heterocycles. The minimum Gasteiger partial charge on any atom is -0.397 e. The summed E-state index contributed by atoms with van der Waals surface area (Å²) in [5.41, 5.74) is 7.41. The molecule has 0 spiro atoms. The molecule has 2 rings (SSSR count). The first-order valence-corrected chi connectivity index (χ1v) is 7.33. The van der Waals surface area contributed by atoms with Crippen molar-refractivity contribution in [3.05, 3.63) is 56.7 Å². The second-order valence-electron chi connectivity index (χ2n) is 4.21. The first kappa shape index (κ1) is 15.0. The van der Waals surface area contributed by atoms with Gasteiger partial charge in [0.15, 0.2) is 0 Å². The van der Waals surface area contributed by atoms with Gasteiger partial charge in [-0.15, -0.1) is 0 Å². The molecular formula is C14H11Br2FN2O. The van der Waals surface area contributed by atoms with Gasteiger partial charge in [-0.3, -0.25) is 4.79 Å². The Kier molecular flexibility index (Phi) is 4.77. The summed E-state index contributed by atoms with van der Waals surface area (Å²) in [6.07, 6.45) is 0.0830. The first-order valence-electron chi connectivity index (χ1n) is 5.74. The van der Waals surface area contributed by atoms with E-state index in [1.54, 1.807) is 24.3 Å². The SMILES string of the molecule is Nc1cc(Br)cc(Br)c1NC(=O)Cc1cccc(F)c1. The minimum atomic E-state index is -0.361. The van der Waals surface area contributed by atoms with Crippen LogP contribution in [0.4, 0.5) is 15.8 Å². The molecule has 0 atom stereocenters. The zero-order valence-electron chi connectivity index (χ0n) is 10.3. The van der Waals surface area contributed by atoms with E-state index in [2.05, 4.69) is 37.2 Å². The maximum absolute atomic E-state index is 13.1. The summed E-state index contributed by atoms with van der Waals surface area (Å²) >= 11 is 6.65. The number of nitrogens with one attached hydrogen (secondary N) is 1. The Bertz CT molecular complexity index is 638. The number of halogens is 3. The highest BCUT2D eigenvalue weighted by Gasteiger charge is 2.11. The summed E-state index contributed by atoms with van der Waals surface area (Å²) in [5.74, 6) is -0.620. The van der Waals surface area contributed by atoms with Gasteiger partial charge in [0.05, 0.1) is 17.8 Å². The number of carbonyl (C=O) groups excluding carboxylic acids is 1. The quantitative estimate of drug-likeness (QED) is 0.760. The molecule has 0 saturated carbocycles. The maximum Gasteiger partial charge on any atom is 0.228 e. The van der Waals surface area contributed by atoms with Crippen LogP contribution in [0.3, 0.4) is 0 Å². The molecule has 3 N–H and O–H groups in total. The lowest BCUT2D eigenvalue weighted by Gasteiger charge is -2.11. The fourth-order valence-corrected chi connectivity index (χ4v) is 3.10. The van der Waals surface area contributed by atoms with E-state index in [0.717, 1.165) is 4.47 Å². The van der Waals surface area contributed by atoms with Crippen molar-refractivity contribution in [1.29, 1.82) is 0 Å².